The fourth-order valence-electron chi connectivity index (χ4n) is 4.72. The van der Waals surface area contributed by atoms with Crippen LogP contribution in [0.25, 0.3) is 16.8 Å². The van der Waals surface area contributed by atoms with Crippen LogP contribution in [0.4, 0.5) is 10.5 Å². The lowest BCUT2D eigenvalue weighted by molar-refractivity contribution is -0.127. The molecule has 0 atom stereocenters. The Labute approximate surface area is 257 Å². The predicted octanol–water partition coefficient (Wildman–Crippen LogP) is 6.52. The highest BCUT2D eigenvalue weighted by atomic mass is 127. The summed E-state index contributed by atoms with van der Waals surface area (Å²) in [5.41, 5.74) is 3.37. The molecule has 1 heterocycles. The molecule has 1 aliphatic rings. The highest BCUT2D eigenvalue weighted by Crippen LogP contribution is 2.36. The molecule has 1 saturated heterocycles. The molecule has 0 aromatic heterocycles. The molecular formula is C33H30IN3O5. The zero-order valence-electron chi connectivity index (χ0n) is 23.3. The van der Waals surface area contributed by atoms with Crippen molar-refractivity contribution in [2.24, 2.45) is 0 Å². The Morgan fingerprint density at radius 3 is 2.50 bits per heavy atom. The van der Waals surface area contributed by atoms with Crippen LogP contribution in [0.5, 0.6) is 11.5 Å². The molecule has 2 N–H and O–H groups in total. The Morgan fingerprint density at radius 1 is 0.952 bits per heavy atom. The Bertz CT molecular complexity index is 1700. The van der Waals surface area contributed by atoms with Crippen LogP contribution >= 0.6 is 22.6 Å². The number of carbonyl (C=O) groups excluding carboxylic acids is 3. The number of carbonyl (C=O) groups is 3. The van der Waals surface area contributed by atoms with Crippen LogP contribution in [0.1, 0.15) is 30.5 Å². The van der Waals surface area contributed by atoms with Gasteiger partial charge in [0.2, 0.25) is 5.91 Å². The van der Waals surface area contributed by atoms with Crippen molar-refractivity contribution in [3.8, 4) is 11.5 Å². The summed E-state index contributed by atoms with van der Waals surface area (Å²) in [7, 11) is 0. The largest absolute Gasteiger partial charge is 0.490 e. The first kappa shape index (κ1) is 29.1. The maximum absolute atomic E-state index is 13.1. The topological polar surface area (TPSA) is 97.0 Å². The van der Waals surface area contributed by atoms with Crippen LogP contribution in [0.2, 0.25) is 0 Å². The lowest BCUT2D eigenvalue weighted by Crippen LogP contribution is -2.38. The Kier molecular flexibility index (Phi) is 9.06. The van der Waals surface area contributed by atoms with Gasteiger partial charge in [0.1, 0.15) is 18.8 Å². The van der Waals surface area contributed by atoms with Gasteiger partial charge in [-0.15, -0.1) is 0 Å². The maximum atomic E-state index is 13.1. The molecule has 0 spiro atoms. The van der Waals surface area contributed by atoms with Crippen molar-refractivity contribution < 1.29 is 23.9 Å². The van der Waals surface area contributed by atoms with Crippen LogP contribution in [-0.2, 0) is 22.6 Å². The van der Waals surface area contributed by atoms with Crippen molar-refractivity contribution in [3.63, 3.8) is 0 Å². The lowest BCUT2D eigenvalue weighted by Gasteiger charge is -2.15. The number of imide groups is 1. The van der Waals surface area contributed by atoms with E-state index in [0.717, 1.165) is 36.8 Å². The summed E-state index contributed by atoms with van der Waals surface area (Å²) in [4.78, 5) is 39.3. The predicted molar refractivity (Wildman–Crippen MR) is 171 cm³/mol. The minimum atomic E-state index is -0.653. The molecular weight excluding hydrogens is 645 g/mol. The van der Waals surface area contributed by atoms with Crippen LogP contribution < -0.4 is 20.1 Å². The van der Waals surface area contributed by atoms with E-state index in [4.69, 9.17) is 9.47 Å². The summed E-state index contributed by atoms with van der Waals surface area (Å²) in [5, 5.41) is 7.69. The van der Waals surface area contributed by atoms with Gasteiger partial charge in [-0.2, -0.15) is 0 Å². The number of benzene rings is 4. The van der Waals surface area contributed by atoms with Crippen LogP contribution in [0, 0.1) is 3.57 Å². The summed E-state index contributed by atoms with van der Waals surface area (Å²) in [5.74, 6) is 0.0881. The second-order valence-corrected chi connectivity index (χ2v) is 10.8. The number of ether oxygens (including phenoxy) is 2. The van der Waals surface area contributed by atoms with Gasteiger partial charge in [-0.3, -0.25) is 9.59 Å². The third-order valence-corrected chi connectivity index (χ3v) is 7.58. The Balaban J connectivity index is 1.30. The normalized spacial score (nSPS) is 13.9. The van der Waals surface area contributed by atoms with E-state index in [1.807, 2.05) is 56.3 Å². The van der Waals surface area contributed by atoms with E-state index < -0.39 is 24.4 Å². The Hall–Kier alpha value is -4.38. The molecule has 5 rings (SSSR count). The van der Waals surface area contributed by atoms with Crippen molar-refractivity contribution >= 4 is 63.0 Å². The zero-order chi connectivity index (χ0) is 29.6. The van der Waals surface area contributed by atoms with Crippen molar-refractivity contribution in [1.82, 2.24) is 10.2 Å². The highest BCUT2D eigenvalue weighted by Gasteiger charge is 2.35. The summed E-state index contributed by atoms with van der Waals surface area (Å²) in [6.45, 7) is 4.25. The van der Waals surface area contributed by atoms with Crippen LogP contribution in [0.15, 0.2) is 84.6 Å². The number of hydrogen-bond acceptors (Lipinski definition) is 5. The van der Waals surface area contributed by atoms with Gasteiger partial charge in [-0.1, -0.05) is 61.5 Å². The molecule has 0 radical (unpaired) electrons. The fraction of sp³-hybridized carbons (Fsp3) is 0.182. The third-order valence-electron chi connectivity index (χ3n) is 6.78. The number of rotatable bonds is 10. The van der Waals surface area contributed by atoms with Gasteiger partial charge < -0.3 is 20.1 Å². The number of anilines is 1. The molecule has 0 saturated carbocycles. The van der Waals surface area contributed by atoms with Crippen molar-refractivity contribution in [3.05, 3.63) is 105 Å². The first-order chi connectivity index (χ1) is 20.4. The van der Waals surface area contributed by atoms with Gasteiger partial charge in [0, 0.05) is 5.69 Å². The van der Waals surface area contributed by atoms with Gasteiger partial charge in [-0.25, -0.2) is 9.69 Å². The van der Waals surface area contributed by atoms with Crippen LogP contribution in [-0.4, -0.2) is 35.9 Å². The van der Waals surface area contributed by atoms with E-state index in [-0.39, 0.29) is 5.70 Å². The number of para-hydroxylation sites is 1. The maximum Gasteiger partial charge on any atom is 0.329 e. The van der Waals surface area contributed by atoms with E-state index in [0.29, 0.717) is 36.0 Å². The quantitative estimate of drug-likeness (QED) is 0.114. The number of hydrogen-bond donors (Lipinski definition) is 2. The SMILES string of the molecule is CCOc1cc(/C=C2/NC(=O)N(CC(=O)Nc3ccccc3CC)C2=O)cc(I)c1OCc1ccc2ccccc2c1. The smallest absolute Gasteiger partial charge is 0.329 e. The van der Waals surface area contributed by atoms with E-state index in [1.165, 1.54) is 0 Å². The van der Waals surface area contributed by atoms with Gasteiger partial charge in [0.25, 0.3) is 5.91 Å². The summed E-state index contributed by atoms with van der Waals surface area (Å²) in [6, 6.07) is 24.8. The van der Waals surface area contributed by atoms with E-state index in [1.54, 1.807) is 18.2 Å². The molecule has 4 aromatic rings. The van der Waals surface area contributed by atoms with Gasteiger partial charge >= 0.3 is 6.03 Å². The minimum absolute atomic E-state index is 0.0739. The molecule has 42 heavy (non-hydrogen) atoms. The molecule has 4 amide bonds. The second-order valence-electron chi connectivity index (χ2n) is 9.67. The molecule has 0 bridgehead atoms. The number of aryl methyl sites for hydroxylation is 1. The summed E-state index contributed by atoms with van der Waals surface area (Å²) >= 11 is 2.17. The average molecular weight is 676 g/mol. The molecule has 0 aliphatic carbocycles. The van der Waals surface area contributed by atoms with E-state index >= 15 is 0 Å². The van der Waals surface area contributed by atoms with Crippen molar-refractivity contribution in [2.75, 3.05) is 18.5 Å². The number of halogens is 1. The average Bonchev–Trinajstić information content (AvgIpc) is 3.24. The zero-order valence-corrected chi connectivity index (χ0v) is 25.4. The summed E-state index contributed by atoms with van der Waals surface area (Å²) < 4.78 is 12.9. The lowest BCUT2D eigenvalue weighted by atomic mass is 10.1. The second kappa shape index (κ2) is 13.1. The number of nitrogens with one attached hydrogen (secondary N) is 2. The monoisotopic (exact) mass is 675 g/mol. The third kappa shape index (κ3) is 6.57. The number of amides is 4. The van der Waals surface area contributed by atoms with Gasteiger partial charge in [-0.05, 0) is 93.7 Å². The van der Waals surface area contributed by atoms with Crippen molar-refractivity contribution in [2.45, 2.75) is 26.9 Å². The van der Waals surface area contributed by atoms with Gasteiger partial charge in [0.15, 0.2) is 11.5 Å². The van der Waals surface area contributed by atoms with E-state index in [2.05, 4.69) is 57.5 Å². The molecule has 1 fully saturated rings. The standard InChI is InChI=1S/C33H30IN3O5/c1-3-23-9-7-8-12-27(23)35-30(38)19-37-32(39)28(36-33(37)40)17-22-16-26(34)31(29(18-22)41-4-2)42-20-21-13-14-24-10-5-6-11-25(24)15-21/h5-18H,3-4,19-20H2,1-2H3,(H,35,38)(H,36,40)/b28-17+. The molecule has 8 nitrogen and oxygen atoms in total. The first-order valence-electron chi connectivity index (χ1n) is 13.7. The summed E-state index contributed by atoms with van der Waals surface area (Å²) in [6.07, 6.45) is 2.31. The number of urea groups is 1. The van der Waals surface area contributed by atoms with Gasteiger partial charge in [0.05, 0.1) is 10.2 Å². The fourth-order valence-corrected chi connectivity index (χ4v) is 5.51. The first-order valence-corrected chi connectivity index (χ1v) is 14.7. The molecule has 4 aromatic carbocycles. The molecule has 9 heteroatoms. The van der Waals surface area contributed by atoms with E-state index in [9.17, 15) is 14.4 Å². The Morgan fingerprint density at radius 2 is 1.71 bits per heavy atom. The molecule has 1 aliphatic heterocycles. The number of nitrogens with zero attached hydrogens (tertiary/aromatic N) is 1. The van der Waals surface area contributed by atoms with Crippen LogP contribution in [0.3, 0.4) is 0 Å². The minimum Gasteiger partial charge on any atom is -0.490 e. The highest BCUT2D eigenvalue weighted by molar-refractivity contribution is 14.1. The number of fused-ring (bicyclic) bond motifs is 1. The molecule has 0 unspecified atom stereocenters. The molecule has 214 valence electrons. The van der Waals surface area contributed by atoms with Crippen molar-refractivity contribution in [1.29, 1.82) is 0 Å².